The van der Waals surface area contributed by atoms with Crippen molar-refractivity contribution >= 4 is 23.2 Å². The largest absolute Gasteiger partial charge is 0.481 e. The lowest BCUT2D eigenvalue weighted by atomic mass is 10.1. The third-order valence-corrected chi connectivity index (χ3v) is 3.75. The van der Waals surface area contributed by atoms with Gasteiger partial charge in [-0.2, -0.15) is 0 Å². The maximum absolute atomic E-state index is 12.3. The molecule has 1 aliphatic heterocycles. The van der Waals surface area contributed by atoms with Crippen molar-refractivity contribution < 1.29 is 19.4 Å². The zero-order valence-corrected chi connectivity index (χ0v) is 10.8. The van der Waals surface area contributed by atoms with E-state index in [0.29, 0.717) is 23.7 Å². The average Bonchev–Trinajstić information content (AvgIpc) is 2.74. The number of thiazole rings is 1. The highest BCUT2D eigenvalue weighted by Gasteiger charge is 2.31. The minimum atomic E-state index is -0.927. The van der Waals surface area contributed by atoms with Crippen LogP contribution in [0.5, 0.6) is 0 Å². The Balaban J connectivity index is 2.16. The molecular formula is C11H14N2O4S. The van der Waals surface area contributed by atoms with E-state index >= 15 is 0 Å². The van der Waals surface area contributed by atoms with Crippen LogP contribution in [0.4, 0.5) is 0 Å². The number of morpholine rings is 1. The quantitative estimate of drug-likeness (QED) is 0.877. The van der Waals surface area contributed by atoms with Crippen LogP contribution in [-0.4, -0.2) is 52.7 Å². The number of ether oxygens (including phenoxy) is 1. The molecule has 0 spiro atoms. The van der Waals surface area contributed by atoms with Crippen LogP contribution in [0.3, 0.4) is 0 Å². The molecule has 2 rings (SSSR count). The summed E-state index contributed by atoms with van der Waals surface area (Å²) in [5.74, 6) is -1.08. The first-order valence-electron chi connectivity index (χ1n) is 5.60. The number of carboxylic acid groups (broad SMARTS) is 1. The van der Waals surface area contributed by atoms with Crippen LogP contribution >= 0.6 is 11.3 Å². The van der Waals surface area contributed by atoms with Crippen molar-refractivity contribution in [3.05, 3.63) is 16.1 Å². The van der Waals surface area contributed by atoms with Gasteiger partial charge < -0.3 is 14.7 Å². The summed E-state index contributed by atoms with van der Waals surface area (Å²) >= 11 is 1.28. The summed E-state index contributed by atoms with van der Waals surface area (Å²) < 4.78 is 5.24. The van der Waals surface area contributed by atoms with Crippen LogP contribution in [0.15, 0.2) is 5.51 Å². The van der Waals surface area contributed by atoms with Gasteiger partial charge in [-0.15, -0.1) is 11.3 Å². The lowest BCUT2D eigenvalue weighted by Gasteiger charge is -2.34. The first kappa shape index (κ1) is 13.0. The molecule has 0 bridgehead atoms. The van der Waals surface area contributed by atoms with Gasteiger partial charge in [0.05, 0.1) is 36.9 Å². The molecule has 1 aromatic rings. The number of amides is 1. The number of carbonyl (C=O) groups excluding carboxylic acids is 1. The number of hydrogen-bond acceptors (Lipinski definition) is 5. The number of carboxylic acids is 1. The summed E-state index contributed by atoms with van der Waals surface area (Å²) in [5.41, 5.74) is 2.31. The number of aromatic nitrogens is 1. The zero-order chi connectivity index (χ0) is 13.1. The molecule has 1 aromatic heterocycles. The maximum atomic E-state index is 12.3. The summed E-state index contributed by atoms with van der Waals surface area (Å²) in [6, 6.07) is -0.398. The Morgan fingerprint density at radius 1 is 1.67 bits per heavy atom. The predicted octanol–water partition coefficient (Wildman–Crippen LogP) is 0.767. The highest BCUT2D eigenvalue weighted by atomic mass is 32.1. The summed E-state index contributed by atoms with van der Waals surface area (Å²) in [5, 5.41) is 8.85. The lowest BCUT2D eigenvalue weighted by Crippen LogP contribution is -2.49. The smallest absolute Gasteiger partial charge is 0.305 e. The summed E-state index contributed by atoms with van der Waals surface area (Å²) in [6.07, 6.45) is -0.0937. The van der Waals surface area contributed by atoms with Gasteiger partial charge in [0.15, 0.2) is 0 Å². The molecule has 0 saturated carbocycles. The van der Waals surface area contributed by atoms with Crippen LogP contribution in [0.1, 0.15) is 21.8 Å². The van der Waals surface area contributed by atoms with Crippen molar-refractivity contribution in [3.8, 4) is 0 Å². The molecule has 7 heteroatoms. The van der Waals surface area contributed by atoms with Gasteiger partial charge in [0, 0.05) is 6.54 Å². The van der Waals surface area contributed by atoms with Gasteiger partial charge >= 0.3 is 5.97 Å². The monoisotopic (exact) mass is 270 g/mol. The van der Waals surface area contributed by atoms with E-state index < -0.39 is 12.0 Å². The molecule has 1 saturated heterocycles. The van der Waals surface area contributed by atoms with E-state index in [9.17, 15) is 9.59 Å². The topological polar surface area (TPSA) is 79.7 Å². The van der Waals surface area contributed by atoms with Gasteiger partial charge in [-0.3, -0.25) is 9.59 Å². The zero-order valence-electron chi connectivity index (χ0n) is 9.96. The Kier molecular flexibility index (Phi) is 3.93. The van der Waals surface area contributed by atoms with Crippen molar-refractivity contribution in [2.45, 2.75) is 19.4 Å². The van der Waals surface area contributed by atoms with Gasteiger partial charge in [0.1, 0.15) is 4.88 Å². The molecule has 98 valence electrons. The highest BCUT2D eigenvalue weighted by Crippen LogP contribution is 2.19. The average molecular weight is 270 g/mol. The molecule has 1 aliphatic rings. The molecular weight excluding hydrogens is 256 g/mol. The van der Waals surface area contributed by atoms with Crippen molar-refractivity contribution in [2.24, 2.45) is 0 Å². The molecule has 0 radical (unpaired) electrons. The minimum Gasteiger partial charge on any atom is -0.481 e. The number of aliphatic carboxylic acids is 1. The number of nitrogens with zero attached hydrogens (tertiary/aromatic N) is 2. The Bertz CT molecular complexity index is 460. The highest BCUT2D eigenvalue weighted by molar-refractivity contribution is 7.11. The van der Waals surface area contributed by atoms with Crippen LogP contribution in [-0.2, 0) is 9.53 Å². The molecule has 1 amide bonds. The third kappa shape index (κ3) is 2.68. The standard InChI is InChI=1S/C11H14N2O4S/c1-7-10(18-6-12-7)11(16)13-2-3-17-5-8(13)4-9(14)15/h6,8H,2-5H2,1H3,(H,14,15). The van der Waals surface area contributed by atoms with E-state index in [4.69, 9.17) is 9.84 Å². The number of aryl methyl sites for hydroxylation is 1. The Morgan fingerprint density at radius 2 is 2.44 bits per heavy atom. The van der Waals surface area contributed by atoms with E-state index in [-0.39, 0.29) is 18.9 Å². The van der Waals surface area contributed by atoms with E-state index in [1.54, 1.807) is 17.3 Å². The van der Waals surface area contributed by atoms with Crippen molar-refractivity contribution in [1.29, 1.82) is 0 Å². The van der Waals surface area contributed by atoms with Gasteiger partial charge in [0.25, 0.3) is 5.91 Å². The van der Waals surface area contributed by atoms with E-state index in [0.717, 1.165) is 0 Å². The fourth-order valence-corrected chi connectivity index (χ4v) is 2.69. The van der Waals surface area contributed by atoms with Crippen molar-refractivity contribution in [2.75, 3.05) is 19.8 Å². The first-order chi connectivity index (χ1) is 8.59. The fourth-order valence-electron chi connectivity index (χ4n) is 1.93. The summed E-state index contributed by atoms with van der Waals surface area (Å²) in [4.78, 5) is 29.3. The van der Waals surface area contributed by atoms with Crippen LogP contribution in [0.2, 0.25) is 0 Å². The predicted molar refractivity (Wildman–Crippen MR) is 64.7 cm³/mol. The van der Waals surface area contributed by atoms with E-state index in [2.05, 4.69) is 4.98 Å². The number of rotatable bonds is 3. The summed E-state index contributed by atoms with van der Waals surface area (Å²) in [6.45, 7) is 2.92. The van der Waals surface area contributed by atoms with Gasteiger partial charge in [-0.05, 0) is 6.92 Å². The molecule has 0 aliphatic carbocycles. The molecule has 1 fully saturated rings. The van der Waals surface area contributed by atoms with Crippen molar-refractivity contribution in [1.82, 2.24) is 9.88 Å². The molecule has 1 unspecified atom stereocenters. The van der Waals surface area contributed by atoms with E-state index in [1.807, 2.05) is 0 Å². The van der Waals surface area contributed by atoms with Crippen molar-refractivity contribution in [3.63, 3.8) is 0 Å². The maximum Gasteiger partial charge on any atom is 0.305 e. The molecule has 1 N–H and O–H groups in total. The first-order valence-corrected chi connectivity index (χ1v) is 6.48. The van der Waals surface area contributed by atoms with Gasteiger partial charge in [-0.25, -0.2) is 4.98 Å². The molecule has 18 heavy (non-hydrogen) atoms. The number of carbonyl (C=O) groups is 2. The van der Waals surface area contributed by atoms with Crippen LogP contribution < -0.4 is 0 Å². The molecule has 6 nitrogen and oxygen atoms in total. The van der Waals surface area contributed by atoms with Gasteiger partial charge in [0.2, 0.25) is 0 Å². The SMILES string of the molecule is Cc1ncsc1C(=O)N1CCOCC1CC(=O)O. The van der Waals surface area contributed by atoms with Crippen LogP contribution in [0, 0.1) is 6.92 Å². The molecule has 2 heterocycles. The fraction of sp³-hybridized carbons (Fsp3) is 0.545. The Morgan fingerprint density at radius 3 is 3.06 bits per heavy atom. The second-order valence-corrected chi connectivity index (χ2v) is 4.95. The lowest BCUT2D eigenvalue weighted by molar-refractivity contribution is -0.139. The Labute approximate surface area is 108 Å². The minimum absolute atomic E-state index is 0.0937. The van der Waals surface area contributed by atoms with Crippen LogP contribution in [0.25, 0.3) is 0 Å². The normalized spacial score (nSPS) is 19.8. The number of hydrogen-bond donors (Lipinski definition) is 1. The third-order valence-electron chi connectivity index (χ3n) is 2.84. The second kappa shape index (κ2) is 5.45. The Hall–Kier alpha value is -1.47. The van der Waals surface area contributed by atoms with E-state index in [1.165, 1.54) is 11.3 Å². The molecule has 1 atom stereocenters. The molecule has 0 aromatic carbocycles. The summed E-state index contributed by atoms with van der Waals surface area (Å²) in [7, 11) is 0. The second-order valence-electron chi connectivity index (χ2n) is 4.09. The van der Waals surface area contributed by atoms with Gasteiger partial charge in [-0.1, -0.05) is 0 Å².